The molecule has 0 unspecified atom stereocenters. The maximum atomic E-state index is 8.75. The van der Waals surface area contributed by atoms with E-state index in [2.05, 4.69) is 0 Å². The van der Waals surface area contributed by atoms with E-state index in [4.69, 9.17) is 22.6 Å². The number of hydrogen-bond acceptors (Lipinski definition) is 3. The number of halogens is 1. The van der Waals surface area contributed by atoms with Gasteiger partial charge in [-0.25, -0.2) is 0 Å². The van der Waals surface area contributed by atoms with Crippen LogP contribution in [0, 0.1) is 11.3 Å². The number of nitrogens with zero attached hydrogens (tertiary/aromatic N) is 1. The smallest absolute Gasteiger partial charge is 0.101 e. The summed E-state index contributed by atoms with van der Waals surface area (Å²) in [6.07, 6.45) is 0. The number of anilines is 1. The highest BCUT2D eigenvalue weighted by atomic mass is 35.5. The van der Waals surface area contributed by atoms with E-state index in [-0.39, 0.29) is 0 Å². The highest BCUT2D eigenvalue weighted by Gasteiger charge is 2.09. The molecule has 2 rings (SSSR count). The Labute approximate surface area is 84.2 Å². The van der Waals surface area contributed by atoms with Crippen molar-refractivity contribution in [3.05, 3.63) is 28.1 Å². The first-order valence-corrected chi connectivity index (χ1v) is 4.85. The lowest BCUT2D eigenvalue weighted by Crippen LogP contribution is -1.90. The second-order valence-corrected chi connectivity index (χ2v) is 3.90. The first-order valence-electron chi connectivity index (χ1n) is 3.59. The van der Waals surface area contributed by atoms with Gasteiger partial charge in [-0.3, -0.25) is 0 Å². The summed E-state index contributed by atoms with van der Waals surface area (Å²) >= 11 is 7.51. The lowest BCUT2D eigenvalue weighted by atomic mass is 10.1. The Bertz CT molecular complexity index is 510. The molecule has 0 amide bonds. The Morgan fingerprint density at radius 1 is 1.54 bits per heavy atom. The third-order valence-corrected chi connectivity index (χ3v) is 3.29. The average Bonchev–Trinajstić information content (AvgIpc) is 2.59. The van der Waals surface area contributed by atoms with Crippen molar-refractivity contribution in [1.29, 1.82) is 5.26 Å². The number of benzene rings is 1. The second kappa shape index (κ2) is 2.91. The fraction of sp³-hybridized carbons (Fsp3) is 0. The number of thiophene rings is 1. The largest absolute Gasteiger partial charge is 0.396 e. The van der Waals surface area contributed by atoms with Crippen LogP contribution in [0.3, 0.4) is 0 Å². The molecule has 0 aliphatic heterocycles. The summed E-state index contributed by atoms with van der Waals surface area (Å²) in [5.41, 5.74) is 6.49. The van der Waals surface area contributed by atoms with Crippen molar-refractivity contribution in [2.24, 2.45) is 0 Å². The minimum Gasteiger partial charge on any atom is -0.396 e. The summed E-state index contributed by atoms with van der Waals surface area (Å²) < 4.78 is 0.943. The molecule has 2 nitrogen and oxygen atoms in total. The summed E-state index contributed by atoms with van der Waals surface area (Å²) in [4.78, 5) is 0. The summed E-state index contributed by atoms with van der Waals surface area (Å²) in [5.74, 6) is 0. The number of nitriles is 1. The van der Waals surface area contributed by atoms with Crippen LogP contribution in [-0.2, 0) is 0 Å². The van der Waals surface area contributed by atoms with Crippen LogP contribution in [0.4, 0.5) is 5.69 Å². The minimum absolute atomic E-state index is 0.374. The van der Waals surface area contributed by atoms with Crippen LogP contribution in [0.25, 0.3) is 10.1 Å². The van der Waals surface area contributed by atoms with E-state index < -0.39 is 0 Å². The molecule has 1 aromatic heterocycles. The van der Waals surface area contributed by atoms with Gasteiger partial charge in [0.05, 0.1) is 21.0 Å². The lowest BCUT2D eigenvalue weighted by Gasteiger charge is -2.01. The quantitative estimate of drug-likeness (QED) is 0.677. The third-order valence-electron chi connectivity index (χ3n) is 1.84. The average molecular weight is 209 g/mol. The van der Waals surface area contributed by atoms with E-state index in [9.17, 15) is 0 Å². The highest BCUT2D eigenvalue weighted by molar-refractivity contribution is 7.18. The zero-order valence-electron chi connectivity index (χ0n) is 6.54. The topological polar surface area (TPSA) is 49.8 Å². The van der Waals surface area contributed by atoms with Gasteiger partial charge in [0, 0.05) is 0 Å². The molecule has 0 radical (unpaired) electrons. The number of nitrogen functional groups attached to an aromatic ring is 1. The Kier molecular flexibility index (Phi) is 1.87. The van der Waals surface area contributed by atoms with Crippen molar-refractivity contribution in [2.75, 3.05) is 5.73 Å². The number of hydrogen-bond donors (Lipinski definition) is 1. The standard InChI is InChI=1S/C9H5ClN2S/c10-7-8(12)6(4-11)3-5-1-2-13-9(5)7/h1-3H,12H2. The van der Waals surface area contributed by atoms with Gasteiger partial charge >= 0.3 is 0 Å². The van der Waals surface area contributed by atoms with Crippen LogP contribution in [0.2, 0.25) is 5.02 Å². The fourth-order valence-corrected chi connectivity index (χ4v) is 2.35. The maximum Gasteiger partial charge on any atom is 0.101 e. The van der Waals surface area contributed by atoms with E-state index in [1.54, 1.807) is 6.07 Å². The van der Waals surface area contributed by atoms with E-state index in [1.165, 1.54) is 11.3 Å². The van der Waals surface area contributed by atoms with Crippen molar-refractivity contribution >= 4 is 38.7 Å². The van der Waals surface area contributed by atoms with Gasteiger partial charge in [-0.1, -0.05) is 11.6 Å². The lowest BCUT2D eigenvalue weighted by molar-refractivity contribution is 1.50. The van der Waals surface area contributed by atoms with E-state index in [0.717, 1.165) is 10.1 Å². The fourth-order valence-electron chi connectivity index (χ4n) is 1.18. The zero-order valence-corrected chi connectivity index (χ0v) is 8.12. The molecule has 0 saturated carbocycles. The molecule has 1 heterocycles. The molecular weight excluding hydrogens is 204 g/mol. The van der Waals surface area contributed by atoms with Gasteiger partial charge in [0.1, 0.15) is 6.07 Å². The first kappa shape index (κ1) is 8.36. The molecule has 0 fully saturated rings. The molecular formula is C9H5ClN2S. The summed E-state index contributed by atoms with van der Waals surface area (Å²) in [5, 5.41) is 12.1. The molecule has 64 valence electrons. The molecule has 0 saturated heterocycles. The molecule has 13 heavy (non-hydrogen) atoms. The van der Waals surface area contributed by atoms with Crippen molar-refractivity contribution in [2.45, 2.75) is 0 Å². The molecule has 0 atom stereocenters. The van der Waals surface area contributed by atoms with E-state index in [1.807, 2.05) is 17.5 Å². The van der Waals surface area contributed by atoms with Crippen molar-refractivity contribution in [3.63, 3.8) is 0 Å². The Hall–Kier alpha value is -1.24. The molecule has 2 N–H and O–H groups in total. The Morgan fingerprint density at radius 3 is 3.00 bits per heavy atom. The van der Waals surface area contributed by atoms with Crippen LogP contribution >= 0.6 is 22.9 Å². The molecule has 0 aliphatic rings. The van der Waals surface area contributed by atoms with E-state index in [0.29, 0.717) is 16.3 Å². The van der Waals surface area contributed by atoms with Gasteiger partial charge in [0.15, 0.2) is 0 Å². The summed E-state index contributed by atoms with van der Waals surface area (Å²) in [6, 6.07) is 5.69. The predicted molar refractivity (Wildman–Crippen MR) is 56.0 cm³/mol. The number of fused-ring (bicyclic) bond motifs is 1. The van der Waals surface area contributed by atoms with Crippen LogP contribution in [0.1, 0.15) is 5.56 Å². The zero-order chi connectivity index (χ0) is 9.42. The highest BCUT2D eigenvalue weighted by Crippen LogP contribution is 2.35. The van der Waals surface area contributed by atoms with Crippen molar-refractivity contribution in [1.82, 2.24) is 0 Å². The monoisotopic (exact) mass is 208 g/mol. The maximum absolute atomic E-state index is 8.75. The van der Waals surface area contributed by atoms with Crippen LogP contribution in [0.5, 0.6) is 0 Å². The Balaban J connectivity index is 2.94. The molecule has 4 heteroatoms. The number of nitrogens with two attached hydrogens (primary N) is 1. The van der Waals surface area contributed by atoms with Crippen LogP contribution in [0.15, 0.2) is 17.5 Å². The SMILES string of the molecule is N#Cc1cc2ccsc2c(Cl)c1N. The number of rotatable bonds is 0. The summed E-state index contributed by atoms with van der Waals surface area (Å²) in [7, 11) is 0. The van der Waals surface area contributed by atoms with Crippen molar-refractivity contribution < 1.29 is 0 Å². The van der Waals surface area contributed by atoms with Crippen LogP contribution < -0.4 is 5.73 Å². The van der Waals surface area contributed by atoms with Gasteiger partial charge in [-0.15, -0.1) is 11.3 Å². The van der Waals surface area contributed by atoms with Crippen LogP contribution in [-0.4, -0.2) is 0 Å². The molecule has 2 aromatic rings. The molecule has 0 spiro atoms. The predicted octanol–water partition coefficient (Wildman–Crippen LogP) is 3.01. The molecule has 0 aliphatic carbocycles. The second-order valence-electron chi connectivity index (χ2n) is 2.60. The van der Waals surface area contributed by atoms with Gasteiger partial charge in [0.25, 0.3) is 0 Å². The van der Waals surface area contributed by atoms with Gasteiger partial charge in [-0.05, 0) is 22.9 Å². The minimum atomic E-state index is 0.374. The Morgan fingerprint density at radius 2 is 2.31 bits per heavy atom. The molecule has 0 bridgehead atoms. The molecule has 1 aromatic carbocycles. The van der Waals surface area contributed by atoms with Gasteiger partial charge in [-0.2, -0.15) is 5.26 Å². The summed E-state index contributed by atoms with van der Waals surface area (Å²) in [6.45, 7) is 0. The third kappa shape index (κ3) is 1.15. The van der Waals surface area contributed by atoms with E-state index >= 15 is 0 Å². The van der Waals surface area contributed by atoms with Crippen molar-refractivity contribution in [3.8, 4) is 6.07 Å². The van der Waals surface area contributed by atoms with Gasteiger partial charge in [0.2, 0.25) is 0 Å². The van der Waals surface area contributed by atoms with Gasteiger partial charge < -0.3 is 5.73 Å². The normalized spacial score (nSPS) is 10.2. The first-order chi connectivity index (χ1) is 6.24.